The van der Waals surface area contributed by atoms with Gasteiger partial charge in [0, 0.05) is 17.9 Å². The van der Waals surface area contributed by atoms with Crippen molar-refractivity contribution in [3.63, 3.8) is 0 Å². The molecule has 2 rings (SSSR count). The van der Waals surface area contributed by atoms with Crippen LogP contribution in [0.25, 0.3) is 0 Å². The predicted octanol–water partition coefficient (Wildman–Crippen LogP) is -0.670. The molecule has 1 aliphatic carbocycles. The van der Waals surface area contributed by atoms with Gasteiger partial charge in [-0.05, 0) is 6.42 Å². The van der Waals surface area contributed by atoms with Crippen LogP contribution in [-0.2, 0) is 14.3 Å². The van der Waals surface area contributed by atoms with Gasteiger partial charge in [0.1, 0.15) is 12.1 Å². The number of carboxylic acids is 1. The molecule has 2 fully saturated rings. The fourth-order valence-corrected chi connectivity index (χ4v) is 3.15. The van der Waals surface area contributed by atoms with E-state index in [1.807, 2.05) is 13.8 Å². The Labute approximate surface area is 99.5 Å². The summed E-state index contributed by atoms with van der Waals surface area (Å²) < 4.78 is 5.56. The van der Waals surface area contributed by atoms with Gasteiger partial charge in [-0.1, -0.05) is 13.8 Å². The standard InChI is InChI=1S/C11H18N2O4/c1-10(2)8-6(3-4-17-8)11(10,12)9(16)13-5-7(14)15/h6,8H,3-5,12H2,1-2H3,(H,13,16)(H,14,15). The van der Waals surface area contributed by atoms with Crippen LogP contribution in [0.5, 0.6) is 0 Å². The van der Waals surface area contributed by atoms with Crippen molar-refractivity contribution in [1.29, 1.82) is 0 Å². The molecule has 0 bridgehead atoms. The third-order valence-electron chi connectivity index (χ3n) is 4.23. The maximum atomic E-state index is 12.1. The number of ether oxygens (including phenoxy) is 1. The summed E-state index contributed by atoms with van der Waals surface area (Å²) in [7, 11) is 0. The third kappa shape index (κ3) is 1.47. The molecule has 2 aliphatic rings. The number of aliphatic carboxylic acids is 1. The fraction of sp³-hybridized carbons (Fsp3) is 0.818. The first-order chi connectivity index (χ1) is 7.81. The summed E-state index contributed by atoms with van der Waals surface area (Å²) in [6.07, 6.45) is 0.758. The van der Waals surface area contributed by atoms with E-state index in [1.165, 1.54) is 0 Å². The molecule has 0 aromatic carbocycles. The molecule has 3 unspecified atom stereocenters. The van der Waals surface area contributed by atoms with Gasteiger partial charge in [0.2, 0.25) is 5.91 Å². The Kier molecular flexibility index (Phi) is 2.67. The average Bonchev–Trinajstić information content (AvgIpc) is 2.72. The molecule has 0 spiro atoms. The largest absolute Gasteiger partial charge is 0.480 e. The van der Waals surface area contributed by atoms with Crippen LogP contribution in [-0.4, -0.2) is 41.8 Å². The molecule has 1 saturated heterocycles. The van der Waals surface area contributed by atoms with E-state index in [-0.39, 0.29) is 12.0 Å². The monoisotopic (exact) mass is 242 g/mol. The van der Waals surface area contributed by atoms with E-state index in [2.05, 4.69) is 5.32 Å². The highest BCUT2D eigenvalue weighted by atomic mass is 16.5. The Balaban J connectivity index is 2.12. The molecule has 6 heteroatoms. The van der Waals surface area contributed by atoms with Gasteiger partial charge < -0.3 is 20.9 Å². The van der Waals surface area contributed by atoms with Crippen LogP contribution in [0.2, 0.25) is 0 Å². The van der Waals surface area contributed by atoms with E-state index in [0.717, 1.165) is 6.42 Å². The lowest BCUT2D eigenvalue weighted by Crippen LogP contribution is -2.80. The van der Waals surface area contributed by atoms with Crippen molar-refractivity contribution in [2.75, 3.05) is 13.2 Å². The molecule has 0 aromatic heterocycles. The summed E-state index contributed by atoms with van der Waals surface area (Å²) in [5.41, 5.74) is 4.72. The number of amides is 1. The zero-order valence-corrected chi connectivity index (χ0v) is 10.0. The third-order valence-corrected chi connectivity index (χ3v) is 4.23. The van der Waals surface area contributed by atoms with Gasteiger partial charge in [-0.3, -0.25) is 9.59 Å². The van der Waals surface area contributed by atoms with E-state index in [4.69, 9.17) is 15.6 Å². The predicted molar refractivity (Wildman–Crippen MR) is 59.2 cm³/mol. The minimum absolute atomic E-state index is 0.00285. The molecule has 6 nitrogen and oxygen atoms in total. The SMILES string of the molecule is CC1(C)C2OCCC2C1(N)C(=O)NCC(=O)O. The quantitative estimate of drug-likeness (QED) is 0.609. The summed E-state index contributed by atoms with van der Waals surface area (Å²) in [5, 5.41) is 10.9. The van der Waals surface area contributed by atoms with Crippen LogP contribution in [0.15, 0.2) is 0 Å². The number of carboxylic acid groups (broad SMARTS) is 1. The van der Waals surface area contributed by atoms with Gasteiger partial charge in [0.15, 0.2) is 0 Å². The number of carbonyl (C=O) groups excluding carboxylic acids is 1. The second-order valence-corrected chi connectivity index (χ2v) is 5.35. The summed E-state index contributed by atoms with van der Waals surface area (Å²) in [5.74, 6) is -1.47. The Morgan fingerprint density at radius 3 is 2.76 bits per heavy atom. The lowest BCUT2D eigenvalue weighted by Gasteiger charge is -2.60. The zero-order valence-electron chi connectivity index (χ0n) is 10.0. The highest BCUT2D eigenvalue weighted by Gasteiger charge is 2.71. The molecule has 3 atom stereocenters. The Hall–Kier alpha value is -1.14. The van der Waals surface area contributed by atoms with Gasteiger partial charge in [0.25, 0.3) is 0 Å². The zero-order chi connectivity index (χ0) is 12.8. The molecule has 1 amide bonds. The highest BCUT2D eigenvalue weighted by Crippen LogP contribution is 2.58. The molecule has 1 aliphatic heterocycles. The topological polar surface area (TPSA) is 102 Å². The molecule has 17 heavy (non-hydrogen) atoms. The van der Waals surface area contributed by atoms with Crippen molar-refractivity contribution in [3.8, 4) is 0 Å². The Morgan fingerprint density at radius 1 is 1.53 bits per heavy atom. The van der Waals surface area contributed by atoms with Crippen molar-refractivity contribution in [1.82, 2.24) is 5.32 Å². The molecule has 1 heterocycles. The second kappa shape index (κ2) is 3.68. The van der Waals surface area contributed by atoms with Crippen LogP contribution in [0.4, 0.5) is 0 Å². The summed E-state index contributed by atoms with van der Waals surface area (Å²) in [4.78, 5) is 22.5. The normalized spacial score (nSPS) is 38.1. The van der Waals surface area contributed by atoms with Crippen molar-refractivity contribution in [2.24, 2.45) is 17.1 Å². The van der Waals surface area contributed by atoms with Crippen LogP contribution in [0.1, 0.15) is 20.3 Å². The van der Waals surface area contributed by atoms with Crippen molar-refractivity contribution in [2.45, 2.75) is 31.9 Å². The smallest absolute Gasteiger partial charge is 0.322 e. The van der Waals surface area contributed by atoms with Gasteiger partial charge in [-0.15, -0.1) is 0 Å². The molecule has 0 aromatic rings. The number of nitrogens with two attached hydrogens (primary N) is 1. The van der Waals surface area contributed by atoms with Gasteiger partial charge in [-0.25, -0.2) is 0 Å². The number of hydrogen-bond donors (Lipinski definition) is 3. The van der Waals surface area contributed by atoms with Crippen LogP contribution < -0.4 is 11.1 Å². The maximum absolute atomic E-state index is 12.1. The van der Waals surface area contributed by atoms with Crippen molar-refractivity contribution < 1.29 is 19.4 Å². The van der Waals surface area contributed by atoms with Crippen LogP contribution in [0, 0.1) is 11.3 Å². The van der Waals surface area contributed by atoms with E-state index in [1.54, 1.807) is 0 Å². The first-order valence-corrected chi connectivity index (χ1v) is 5.72. The van der Waals surface area contributed by atoms with Gasteiger partial charge >= 0.3 is 5.97 Å². The number of nitrogens with one attached hydrogen (secondary N) is 1. The number of hydrogen-bond acceptors (Lipinski definition) is 4. The number of fused-ring (bicyclic) bond motifs is 1. The minimum Gasteiger partial charge on any atom is -0.480 e. The summed E-state index contributed by atoms with van der Waals surface area (Å²) in [6.45, 7) is 4.00. The van der Waals surface area contributed by atoms with Crippen molar-refractivity contribution >= 4 is 11.9 Å². The second-order valence-electron chi connectivity index (χ2n) is 5.35. The van der Waals surface area contributed by atoms with Crippen molar-refractivity contribution in [3.05, 3.63) is 0 Å². The van der Waals surface area contributed by atoms with E-state index >= 15 is 0 Å². The maximum Gasteiger partial charge on any atom is 0.322 e. The highest BCUT2D eigenvalue weighted by molar-refractivity contribution is 5.91. The lowest BCUT2D eigenvalue weighted by atomic mass is 9.48. The molecular weight excluding hydrogens is 224 g/mol. The minimum atomic E-state index is -1.07. The fourth-order valence-electron chi connectivity index (χ4n) is 3.15. The van der Waals surface area contributed by atoms with E-state index < -0.39 is 29.4 Å². The molecule has 96 valence electrons. The summed E-state index contributed by atoms with van der Waals surface area (Å²) >= 11 is 0. The number of rotatable bonds is 3. The Bertz CT molecular complexity index is 368. The molecule has 4 N–H and O–H groups in total. The first-order valence-electron chi connectivity index (χ1n) is 5.72. The molecular formula is C11H18N2O4. The van der Waals surface area contributed by atoms with Gasteiger partial charge in [0.05, 0.1) is 6.10 Å². The van der Waals surface area contributed by atoms with E-state index in [0.29, 0.717) is 6.61 Å². The van der Waals surface area contributed by atoms with Crippen LogP contribution >= 0.6 is 0 Å². The van der Waals surface area contributed by atoms with Gasteiger partial charge in [-0.2, -0.15) is 0 Å². The summed E-state index contributed by atoms with van der Waals surface area (Å²) in [6, 6.07) is 0. The average molecular weight is 242 g/mol. The molecule has 0 radical (unpaired) electrons. The molecule has 1 saturated carbocycles. The van der Waals surface area contributed by atoms with Crippen LogP contribution in [0.3, 0.4) is 0 Å². The first kappa shape index (κ1) is 12.3. The number of carbonyl (C=O) groups is 2. The van der Waals surface area contributed by atoms with E-state index in [9.17, 15) is 9.59 Å². The Morgan fingerprint density at radius 2 is 2.18 bits per heavy atom. The lowest BCUT2D eigenvalue weighted by molar-refractivity contribution is -0.175.